The lowest BCUT2D eigenvalue weighted by Crippen LogP contribution is -2.67. The number of nitrogens with one attached hydrogen (secondary N) is 2. The van der Waals surface area contributed by atoms with Gasteiger partial charge in [-0.25, -0.2) is 4.79 Å². The number of amides is 2. The van der Waals surface area contributed by atoms with Crippen molar-refractivity contribution in [3.05, 3.63) is 65.7 Å². The Kier molecular flexibility index (Phi) is 13.6. The number of esters is 2. The number of ether oxygens (including phenoxy) is 3. The Morgan fingerprint density at radius 3 is 2.39 bits per heavy atom. The normalized spacial score (nSPS) is 15.8. The lowest BCUT2D eigenvalue weighted by molar-refractivity contribution is -0.158. The van der Waals surface area contributed by atoms with Gasteiger partial charge in [0.15, 0.2) is 5.66 Å². The van der Waals surface area contributed by atoms with Gasteiger partial charge in [-0.15, -0.1) is 0 Å². The first kappa shape index (κ1) is 34.5. The fourth-order valence-corrected chi connectivity index (χ4v) is 5.40. The monoisotopic (exact) mass is 610 g/mol. The van der Waals surface area contributed by atoms with Gasteiger partial charge >= 0.3 is 11.9 Å². The van der Waals surface area contributed by atoms with E-state index < -0.39 is 29.4 Å². The maximum Gasteiger partial charge on any atom is 0.348 e. The Labute approximate surface area is 259 Å². The predicted molar refractivity (Wildman–Crippen MR) is 165 cm³/mol. The fourth-order valence-electron chi connectivity index (χ4n) is 5.40. The molecule has 3 rings (SSSR count). The minimum atomic E-state index is -2.04. The van der Waals surface area contributed by atoms with Crippen LogP contribution in [0.1, 0.15) is 68.9 Å². The van der Waals surface area contributed by atoms with E-state index in [1.165, 1.54) is 7.11 Å². The molecule has 0 saturated carbocycles. The topological polar surface area (TPSA) is 149 Å². The zero-order chi connectivity index (χ0) is 32.0. The Hall–Kier alpha value is -3.96. The molecule has 1 saturated heterocycles. The molecule has 11 heteroatoms. The lowest BCUT2D eigenvalue weighted by Gasteiger charge is -2.38. The van der Waals surface area contributed by atoms with Crippen LogP contribution in [0.3, 0.4) is 0 Å². The summed E-state index contributed by atoms with van der Waals surface area (Å²) in [5.74, 6) is -2.39. The summed E-state index contributed by atoms with van der Waals surface area (Å²) in [7, 11) is 2.82. The number of carbonyl (C=O) groups excluding carboxylic acids is 4. The second kappa shape index (κ2) is 17.4. The highest BCUT2D eigenvalue weighted by Crippen LogP contribution is 2.32. The van der Waals surface area contributed by atoms with Crippen LogP contribution in [-0.2, 0) is 35.2 Å². The second-order valence-corrected chi connectivity index (χ2v) is 11.2. The molecular formula is C33H46N4O7. The zero-order valence-corrected chi connectivity index (χ0v) is 26.0. The molecule has 2 aromatic rings. The van der Waals surface area contributed by atoms with E-state index in [-0.39, 0.29) is 37.8 Å². The number of rotatable bonds is 16. The van der Waals surface area contributed by atoms with Crippen LogP contribution in [0.5, 0.6) is 5.75 Å². The molecular weight excluding hydrogens is 564 g/mol. The van der Waals surface area contributed by atoms with Crippen molar-refractivity contribution < 1.29 is 33.4 Å². The first-order valence-corrected chi connectivity index (χ1v) is 15.2. The van der Waals surface area contributed by atoms with E-state index in [2.05, 4.69) is 15.4 Å². The average Bonchev–Trinajstić information content (AvgIpc) is 3.05. The highest BCUT2D eigenvalue weighted by molar-refractivity contribution is 5.90. The highest BCUT2D eigenvalue weighted by atomic mass is 16.5. The van der Waals surface area contributed by atoms with Gasteiger partial charge in [0.1, 0.15) is 12.5 Å². The summed E-state index contributed by atoms with van der Waals surface area (Å²) in [5.41, 5.74) is 6.70. The number of likely N-dealkylation sites (tertiary alicyclic amines) is 1. The molecule has 0 aliphatic carbocycles. The highest BCUT2D eigenvalue weighted by Gasteiger charge is 2.47. The molecule has 240 valence electrons. The van der Waals surface area contributed by atoms with E-state index in [4.69, 9.17) is 15.2 Å². The van der Waals surface area contributed by atoms with Crippen LogP contribution in [0, 0.1) is 5.92 Å². The van der Waals surface area contributed by atoms with Crippen molar-refractivity contribution in [1.29, 1.82) is 0 Å². The Balaban J connectivity index is 1.83. The Bertz CT molecular complexity index is 1240. The number of benzene rings is 2. The van der Waals surface area contributed by atoms with Crippen LogP contribution in [0.4, 0.5) is 0 Å². The molecule has 1 heterocycles. The SMILES string of the molecule is COC(=O)CCC(=O)NC(N)(C(=O)OCNCc1cccc(OC)c1)C(CC(=O)N1CCCCC1)C[C@H](C)c1ccccc1. The minimum absolute atomic E-state index is 0.0582. The van der Waals surface area contributed by atoms with Crippen molar-refractivity contribution in [3.63, 3.8) is 0 Å². The van der Waals surface area contributed by atoms with Gasteiger partial charge in [0.25, 0.3) is 0 Å². The van der Waals surface area contributed by atoms with Gasteiger partial charge in [0.05, 0.1) is 20.6 Å². The number of methoxy groups -OCH3 is 2. The Morgan fingerprint density at radius 1 is 0.977 bits per heavy atom. The molecule has 1 fully saturated rings. The van der Waals surface area contributed by atoms with E-state index >= 15 is 0 Å². The van der Waals surface area contributed by atoms with Crippen molar-refractivity contribution in [3.8, 4) is 5.75 Å². The van der Waals surface area contributed by atoms with Gasteiger partial charge in [0, 0.05) is 38.4 Å². The van der Waals surface area contributed by atoms with Crippen molar-refractivity contribution in [2.24, 2.45) is 11.7 Å². The van der Waals surface area contributed by atoms with Crippen molar-refractivity contribution >= 4 is 23.8 Å². The molecule has 0 radical (unpaired) electrons. The van der Waals surface area contributed by atoms with Gasteiger partial charge in [-0.05, 0) is 54.9 Å². The van der Waals surface area contributed by atoms with Gasteiger partial charge in [-0.3, -0.25) is 25.4 Å². The van der Waals surface area contributed by atoms with E-state index in [9.17, 15) is 19.2 Å². The molecule has 1 aliphatic heterocycles. The second-order valence-electron chi connectivity index (χ2n) is 11.2. The number of carbonyl (C=O) groups is 4. The smallest absolute Gasteiger partial charge is 0.348 e. The van der Waals surface area contributed by atoms with Crippen LogP contribution in [0.15, 0.2) is 54.6 Å². The van der Waals surface area contributed by atoms with Crippen LogP contribution in [0.25, 0.3) is 0 Å². The summed E-state index contributed by atoms with van der Waals surface area (Å²) in [5, 5.41) is 5.70. The van der Waals surface area contributed by atoms with E-state index in [1.54, 1.807) is 12.0 Å². The number of hydrogen-bond acceptors (Lipinski definition) is 9. The summed E-state index contributed by atoms with van der Waals surface area (Å²) in [6.45, 7) is 3.47. The standard InChI is InChI=1S/C33H46N4O7/c1-24(26-12-6-4-7-13-26)19-27(21-30(39)37-17-8-5-9-18-37)33(34,36-29(38)15-16-31(40)43-3)32(41)44-23-35-22-25-11-10-14-28(20-25)42-2/h4,6-7,10-14,20,24,27,35H,5,8-9,15-19,21-23,34H2,1-3H3,(H,36,38)/t24-,27?,33?/m0/s1. The number of nitrogens with two attached hydrogens (primary N) is 1. The molecule has 3 atom stereocenters. The molecule has 2 unspecified atom stereocenters. The molecule has 0 bridgehead atoms. The maximum atomic E-state index is 13.8. The largest absolute Gasteiger partial charge is 0.497 e. The lowest BCUT2D eigenvalue weighted by atomic mass is 9.80. The summed E-state index contributed by atoms with van der Waals surface area (Å²) in [6.07, 6.45) is 2.72. The minimum Gasteiger partial charge on any atom is -0.497 e. The number of nitrogens with zero attached hydrogens (tertiary/aromatic N) is 1. The van der Waals surface area contributed by atoms with Gasteiger partial charge < -0.3 is 24.4 Å². The van der Waals surface area contributed by atoms with E-state index in [0.717, 1.165) is 30.4 Å². The summed E-state index contributed by atoms with van der Waals surface area (Å²) >= 11 is 0. The van der Waals surface area contributed by atoms with E-state index in [0.29, 0.717) is 31.8 Å². The first-order chi connectivity index (χ1) is 21.2. The van der Waals surface area contributed by atoms with Crippen LogP contribution < -0.4 is 21.1 Å². The molecule has 2 amide bonds. The summed E-state index contributed by atoms with van der Waals surface area (Å²) in [4.78, 5) is 53.9. The zero-order valence-electron chi connectivity index (χ0n) is 26.0. The van der Waals surface area contributed by atoms with Crippen LogP contribution in [0.2, 0.25) is 0 Å². The van der Waals surface area contributed by atoms with Crippen LogP contribution in [-0.4, -0.2) is 68.4 Å². The maximum absolute atomic E-state index is 13.8. The molecule has 4 N–H and O–H groups in total. The van der Waals surface area contributed by atoms with Crippen LogP contribution >= 0.6 is 0 Å². The van der Waals surface area contributed by atoms with Crippen molar-refractivity contribution in [2.45, 2.75) is 70.0 Å². The number of hydrogen-bond donors (Lipinski definition) is 3. The van der Waals surface area contributed by atoms with Crippen molar-refractivity contribution in [1.82, 2.24) is 15.5 Å². The molecule has 44 heavy (non-hydrogen) atoms. The average molecular weight is 611 g/mol. The molecule has 1 aliphatic rings. The van der Waals surface area contributed by atoms with Gasteiger partial charge in [-0.2, -0.15) is 0 Å². The third-order valence-corrected chi connectivity index (χ3v) is 8.02. The van der Waals surface area contributed by atoms with E-state index in [1.807, 2.05) is 61.5 Å². The number of piperidine rings is 1. The first-order valence-electron chi connectivity index (χ1n) is 15.2. The fraction of sp³-hybridized carbons (Fsp3) is 0.515. The predicted octanol–water partition coefficient (Wildman–Crippen LogP) is 3.22. The third kappa shape index (κ3) is 10.3. The molecule has 2 aromatic carbocycles. The summed E-state index contributed by atoms with van der Waals surface area (Å²) in [6, 6.07) is 17.2. The third-order valence-electron chi connectivity index (χ3n) is 8.02. The molecule has 0 spiro atoms. The molecule has 11 nitrogen and oxygen atoms in total. The summed E-state index contributed by atoms with van der Waals surface area (Å²) < 4.78 is 15.5. The Morgan fingerprint density at radius 2 is 1.70 bits per heavy atom. The molecule has 0 aromatic heterocycles. The van der Waals surface area contributed by atoms with Gasteiger partial charge in [-0.1, -0.05) is 49.4 Å². The van der Waals surface area contributed by atoms with Gasteiger partial charge in [0.2, 0.25) is 11.8 Å². The van der Waals surface area contributed by atoms with Crippen molar-refractivity contribution in [2.75, 3.05) is 34.0 Å². The quantitative estimate of drug-likeness (QED) is 0.148.